The third-order valence-electron chi connectivity index (χ3n) is 5.23. The number of hydrogen-bond acceptors (Lipinski definition) is 4. The third-order valence-corrected chi connectivity index (χ3v) is 7.14. The van der Waals surface area contributed by atoms with Crippen LogP contribution in [-0.4, -0.2) is 44.9 Å². The van der Waals surface area contributed by atoms with Crippen LogP contribution < -0.4 is 9.64 Å². The summed E-state index contributed by atoms with van der Waals surface area (Å²) in [4.78, 5) is 15.0. The van der Waals surface area contributed by atoms with Crippen LogP contribution in [0, 0.1) is 5.92 Å². The van der Waals surface area contributed by atoms with Gasteiger partial charge in [0, 0.05) is 31.2 Å². The molecule has 1 aliphatic heterocycles. The SMILES string of the molecule is CCOc1ccc(S(=O)(=O)N2CCC(C(=O)N(CC)c3ccccc3)CC2)cc1. The number of ether oxygens (including phenoxy) is 1. The summed E-state index contributed by atoms with van der Waals surface area (Å²) in [7, 11) is -3.57. The van der Waals surface area contributed by atoms with Gasteiger partial charge in [-0.25, -0.2) is 8.42 Å². The molecule has 0 radical (unpaired) electrons. The number of rotatable bonds is 7. The lowest BCUT2D eigenvalue weighted by Crippen LogP contribution is -2.44. The van der Waals surface area contributed by atoms with Crippen molar-refractivity contribution in [2.45, 2.75) is 31.6 Å². The molecule has 0 bridgehead atoms. The Hall–Kier alpha value is -2.38. The van der Waals surface area contributed by atoms with E-state index in [0.717, 1.165) is 5.69 Å². The highest BCUT2D eigenvalue weighted by Gasteiger charge is 2.33. The van der Waals surface area contributed by atoms with Crippen molar-refractivity contribution < 1.29 is 17.9 Å². The Kier molecular flexibility index (Phi) is 6.92. The Morgan fingerprint density at radius 2 is 1.66 bits per heavy atom. The van der Waals surface area contributed by atoms with Gasteiger partial charge in [0.15, 0.2) is 0 Å². The molecule has 0 spiro atoms. The van der Waals surface area contributed by atoms with E-state index >= 15 is 0 Å². The van der Waals surface area contributed by atoms with E-state index in [4.69, 9.17) is 4.74 Å². The summed E-state index contributed by atoms with van der Waals surface area (Å²) < 4.78 is 32.7. The Bertz CT molecular complexity index is 906. The number of anilines is 1. The second-order valence-electron chi connectivity index (χ2n) is 7.00. The molecule has 1 amide bonds. The first kappa shape index (κ1) is 21.3. The molecule has 1 aliphatic rings. The summed E-state index contributed by atoms with van der Waals surface area (Å²) in [6, 6.07) is 16.1. The zero-order valence-electron chi connectivity index (χ0n) is 17.0. The second kappa shape index (κ2) is 9.41. The maximum Gasteiger partial charge on any atom is 0.243 e. The minimum atomic E-state index is -3.57. The molecule has 0 N–H and O–H groups in total. The van der Waals surface area contributed by atoms with Gasteiger partial charge >= 0.3 is 0 Å². The molecule has 156 valence electrons. The molecule has 29 heavy (non-hydrogen) atoms. The molecule has 1 fully saturated rings. The highest BCUT2D eigenvalue weighted by molar-refractivity contribution is 7.89. The second-order valence-corrected chi connectivity index (χ2v) is 8.94. The van der Waals surface area contributed by atoms with E-state index in [1.165, 1.54) is 4.31 Å². The first-order valence-corrected chi connectivity index (χ1v) is 11.5. The maximum atomic E-state index is 13.0. The molecule has 1 heterocycles. The number of carbonyl (C=O) groups excluding carboxylic acids is 1. The molecule has 3 rings (SSSR count). The van der Waals surface area contributed by atoms with Crippen LogP contribution in [0.3, 0.4) is 0 Å². The van der Waals surface area contributed by atoms with Gasteiger partial charge in [0.25, 0.3) is 0 Å². The van der Waals surface area contributed by atoms with Gasteiger partial charge in [-0.2, -0.15) is 4.31 Å². The maximum absolute atomic E-state index is 13.0. The van der Waals surface area contributed by atoms with E-state index in [1.807, 2.05) is 44.2 Å². The molecular formula is C22H28N2O4S. The predicted octanol–water partition coefficient (Wildman–Crippen LogP) is 3.54. The lowest BCUT2D eigenvalue weighted by atomic mass is 9.96. The fraction of sp³-hybridized carbons (Fsp3) is 0.409. The average molecular weight is 417 g/mol. The summed E-state index contributed by atoms with van der Waals surface area (Å²) in [5.41, 5.74) is 0.879. The van der Waals surface area contributed by atoms with Crippen LogP contribution in [0.5, 0.6) is 5.75 Å². The Morgan fingerprint density at radius 3 is 2.21 bits per heavy atom. The molecule has 7 heteroatoms. The van der Waals surface area contributed by atoms with Gasteiger partial charge in [-0.15, -0.1) is 0 Å². The fourth-order valence-electron chi connectivity index (χ4n) is 3.66. The summed E-state index contributed by atoms with van der Waals surface area (Å²) in [6.45, 7) is 5.65. The van der Waals surface area contributed by atoms with Gasteiger partial charge in [-0.05, 0) is 63.1 Å². The zero-order chi connectivity index (χ0) is 20.9. The van der Waals surface area contributed by atoms with Crippen molar-refractivity contribution in [3.8, 4) is 5.75 Å². The van der Waals surface area contributed by atoms with Crippen LogP contribution in [0.4, 0.5) is 5.69 Å². The standard InChI is InChI=1S/C22H28N2O4S/c1-3-24(19-8-6-5-7-9-19)22(25)18-14-16-23(17-15-18)29(26,27)21-12-10-20(11-13-21)28-4-2/h5-13,18H,3-4,14-17H2,1-2H3. The van der Waals surface area contributed by atoms with Crippen LogP contribution in [0.2, 0.25) is 0 Å². The number of hydrogen-bond donors (Lipinski definition) is 0. The lowest BCUT2D eigenvalue weighted by Gasteiger charge is -2.33. The van der Waals surface area contributed by atoms with Gasteiger partial charge in [-0.3, -0.25) is 4.79 Å². The highest BCUT2D eigenvalue weighted by atomic mass is 32.2. The minimum Gasteiger partial charge on any atom is -0.494 e. The van der Waals surface area contributed by atoms with E-state index in [9.17, 15) is 13.2 Å². The van der Waals surface area contributed by atoms with E-state index in [2.05, 4.69) is 0 Å². The van der Waals surface area contributed by atoms with Gasteiger partial charge in [0.05, 0.1) is 11.5 Å². The van der Waals surface area contributed by atoms with Crippen molar-refractivity contribution in [1.82, 2.24) is 4.31 Å². The van der Waals surface area contributed by atoms with Crippen LogP contribution >= 0.6 is 0 Å². The lowest BCUT2D eigenvalue weighted by molar-refractivity contribution is -0.123. The summed E-state index contributed by atoms with van der Waals surface area (Å²) in [5, 5.41) is 0. The molecule has 0 atom stereocenters. The van der Waals surface area contributed by atoms with E-state index in [0.29, 0.717) is 44.8 Å². The zero-order valence-corrected chi connectivity index (χ0v) is 17.8. The summed E-state index contributed by atoms with van der Waals surface area (Å²) in [6.07, 6.45) is 1.05. The Balaban J connectivity index is 1.65. The van der Waals surface area contributed by atoms with Gasteiger partial charge in [0.1, 0.15) is 5.75 Å². The van der Waals surface area contributed by atoms with E-state index in [-0.39, 0.29) is 16.7 Å². The normalized spacial score (nSPS) is 15.8. The molecule has 1 saturated heterocycles. The Morgan fingerprint density at radius 1 is 1.03 bits per heavy atom. The molecule has 2 aromatic rings. The minimum absolute atomic E-state index is 0.0665. The number of sulfonamides is 1. The average Bonchev–Trinajstić information content (AvgIpc) is 2.76. The third kappa shape index (κ3) is 4.79. The molecule has 0 saturated carbocycles. The molecule has 6 nitrogen and oxygen atoms in total. The topological polar surface area (TPSA) is 66.9 Å². The van der Waals surface area contributed by atoms with Crippen molar-refractivity contribution in [2.75, 3.05) is 31.1 Å². The first-order valence-electron chi connectivity index (χ1n) is 10.1. The van der Waals surface area contributed by atoms with Crippen molar-refractivity contribution in [3.05, 3.63) is 54.6 Å². The van der Waals surface area contributed by atoms with Gasteiger partial charge in [-0.1, -0.05) is 18.2 Å². The smallest absolute Gasteiger partial charge is 0.243 e. The summed E-state index contributed by atoms with van der Waals surface area (Å²) >= 11 is 0. The van der Waals surface area contributed by atoms with Crippen molar-refractivity contribution in [3.63, 3.8) is 0 Å². The first-order chi connectivity index (χ1) is 14.0. The fourth-order valence-corrected chi connectivity index (χ4v) is 5.13. The summed E-state index contributed by atoms with van der Waals surface area (Å²) in [5.74, 6) is 0.551. The van der Waals surface area contributed by atoms with Gasteiger partial charge < -0.3 is 9.64 Å². The van der Waals surface area contributed by atoms with E-state index < -0.39 is 10.0 Å². The van der Waals surface area contributed by atoms with E-state index in [1.54, 1.807) is 29.2 Å². The van der Waals surface area contributed by atoms with Crippen LogP contribution in [-0.2, 0) is 14.8 Å². The number of benzene rings is 2. The molecule has 2 aromatic carbocycles. The van der Waals surface area contributed by atoms with Crippen LogP contribution in [0.25, 0.3) is 0 Å². The van der Waals surface area contributed by atoms with Crippen molar-refractivity contribution in [2.24, 2.45) is 5.92 Å². The van der Waals surface area contributed by atoms with Crippen molar-refractivity contribution >= 4 is 21.6 Å². The Labute approximate surface area is 173 Å². The van der Waals surface area contributed by atoms with Crippen LogP contribution in [0.1, 0.15) is 26.7 Å². The number of nitrogens with zero attached hydrogens (tertiary/aromatic N) is 2. The predicted molar refractivity (Wildman–Crippen MR) is 114 cm³/mol. The van der Waals surface area contributed by atoms with Gasteiger partial charge in [0.2, 0.25) is 15.9 Å². The molecular weight excluding hydrogens is 388 g/mol. The highest BCUT2D eigenvalue weighted by Crippen LogP contribution is 2.27. The van der Waals surface area contributed by atoms with Crippen molar-refractivity contribution in [1.29, 1.82) is 0 Å². The largest absolute Gasteiger partial charge is 0.494 e. The number of para-hydroxylation sites is 1. The molecule has 0 aliphatic carbocycles. The number of piperidine rings is 1. The molecule has 0 aromatic heterocycles. The monoisotopic (exact) mass is 416 g/mol. The quantitative estimate of drug-likeness (QED) is 0.692. The molecule has 0 unspecified atom stereocenters. The van der Waals surface area contributed by atoms with Crippen LogP contribution in [0.15, 0.2) is 59.5 Å². The number of carbonyl (C=O) groups is 1. The number of amides is 1.